The Balaban J connectivity index is 1.71. The van der Waals surface area contributed by atoms with Crippen molar-refractivity contribution in [3.05, 3.63) is 16.1 Å². The number of rotatable bonds is 5. The maximum atomic E-state index is 11.9. The van der Waals surface area contributed by atoms with E-state index >= 15 is 0 Å². The minimum absolute atomic E-state index is 0.0277. The number of piperazine rings is 1. The predicted octanol–water partition coefficient (Wildman–Crippen LogP) is 1.00. The van der Waals surface area contributed by atoms with Gasteiger partial charge in [-0.1, -0.05) is 11.3 Å². The Hall–Kier alpha value is -2.95. The van der Waals surface area contributed by atoms with Crippen LogP contribution in [-0.2, 0) is 11.2 Å². The van der Waals surface area contributed by atoms with Crippen LogP contribution in [-0.4, -0.2) is 64.7 Å². The summed E-state index contributed by atoms with van der Waals surface area (Å²) in [5.41, 5.74) is 1.49. The average molecular weight is 403 g/mol. The summed E-state index contributed by atoms with van der Waals surface area (Å²) < 4.78 is 0. The number of fused-ring (bicyclic) bond motifs is 1. The number of aromatic carboxylic acids is 1. The number of nitrogens with one attached hydrogen (secondary N) is 2. The number of thiazole rings is 1. The minimum atomic E-state index is -1.00. The summed E-state index contributed by atoms with van der Waals surface area (Å²) in [5.74, 6) is 0.929. The molecule has 0 spiro atoms. The van der Waals surface area contributed by atoms with Gasteiger partial charge in [0.15, 0.2) is 5.13 Å². The maximum Gasteiger partial charge on any atom is 0.347 e. The lowest BCUT2D eigenvalue weighted by atomic mass is 10.2. The number of carbonyl (C=O) groups is 2. The van der Waals surface area contributed by atoms with Gasteiger partial charge in [-0.15, -0.1) is 0 Å². The van der Waals surface area contributed by atoms with E-state index in [2.05, 4.69) is 37.4 Å². The first-order valence-electron chi connectivity index (χ1n) is 9.11. The fourth-order valence-electron chi connectivity index (χ4n) is 3.49. The number of carbonyl (C=O) groups excluding carboxylic acids is 1. The van der Waals surface area contributed by atoms with E-state index in [0.29, 0.717) is 29.9 Å². The van der Waals surface area contributed by atoms with Crippen LogP contribution in [0.15, 0.2) is 0 Å². The second-order valence-electron chi connectivity index (χ2n) is 6.64. The zero-order chi connectivity index (χ0) is 19.8. The molecule has 1 saturated heterocycles. The Morgan fingerprint density at radius 3 is 2.75 bits per heavy atom. The second kappa shape index (κ2) is 7.23. The normalized spacial score (nSPS) is 16.1. The van der Waals surface area contributed by atoms with Crippen LogP contribution >= 0.6 is 11.3 Å². The topological polar surface area (TPSA) is 124 Å². The summed E-state index contributed by atoms with van der Waals surface area (Å²) in [5, 5.41) is 15.5. The number of hydrogen-bond donors (Lipinski definition) is 3. The molecule has 4 rings (SSSR count). The van der Waals surface area contributed by atoms with Gasteiger partial charge in [-0.3, -0.25) is 10.1 Å². The number of nitrogens with zero attached hydrogens (tertiary/aromatic N) is 5. The number of aryl methyl sites for hydroxylation is 1. The van der Waals surface area contributed by atoms with Crippen LogP contribution in [0.5, 0.6) is 0 Å². The molecule has 0 aliphatic carbocycles. The van der Waals surface area contributed by atoms with Gasteiger partial charge < -0.3 is 20.2 Å². The van der Waals surface area contributed by atoms with E-state index in [4.69, 9.17) is 0 Å². The van der Waals surface area contributed by atoms with Gasteiger partial charge in [-0.25, -0.2) is 9.78 Å². The smallest absolute Gasteiger partial charge is 0.347 e. The molecular weight excluding hydrogens is 382 g/mol. The second-order valence-corrected chi connectivity index (χ2v) is 7.64. The van der Waals surface area contributed by atoms with E-state index in [1.54, 1.807) is 6.92 Å². The number of likely N-dealkylation sites (N-methyl/N-ethyl adjacent to an activating group) is 1. The molecule has 2 aliphatic rings. The van der Waals surface area contributed by atoms with E-state index < -0.39 is 5.97 Å². The highest BCUT2D eigenvalue weighted by atomic mass is 32.1. The lowest BCUT2D eigenvalue weighted by Crippen LogP contribution is -2.48. The van der Waals surface area contributed by atoms with E-state index in [9.17, 15) is 14.7 Å². The minimum Gasteiger partial charge on any atom is -0.477 e. The third-order valence-electron chi connectivity index (χ3n) is 4.82. The molecule has 2 aliphatic heterocycles. The largest absolute Gasteiger partial charge is 0.477 e. The van der Waals surface area contributed by atoms with Crippen molar-refractivity contribution in [2.75, 3.05) is 47.8 Å². The zero-order valence-corrected chi connectivity index (χ0v) is 16.5. The highest BCUT2D eigenvalue weighted by Crippen LogP contribution is 2.35. The molecule has 1 amide bonds. The first-order valence-corrected chi connectivity index (χ1v) is 9.93. The van der Waals surface area contributed by atoms with Gasteiger partial charge in [0.25, 0.3) is 0 Å². The van der Waals surface area contributed by atoms with Gasteiger partial charge in [0, 0.05) is 31.7 Å². The van der Waals surface area contributed by atoms with Crippen molar-refractivity contribution in [1.29, 1.82) is 0 Å². The van der Waals surface area contributed by atoms with Gasteiger partial charge in [0.2, 0.25) is 11.9 Å². The Morgan fingerprint density at radius 2 is 2.07 bits per heavy atom. The molecule has 0 atom stereocenters. The Labute approximate surface area is 165 Å². The predicted molar refractivity (Wildman–Crippen MR) is 106 cm³/mol. The third-order valence-corrected chi connectivity index (χ3v) is 5.88. The quantitative estimate of drug-likeness (QED) is 0.671. The summed E-state index contributed by atoms with van der Waals surface area (Å²) in [6.45, 7) is 6.92. The molecule has 0 unspecified atom stereocenters. The van der Waals surface area contributed by atoms with Crippen molar-refractivity contribution in [3.63, 3.8) is 0 Å². The summed E-state index contributed by atoms with van der Waals surface area (Å²) in [6, 6.07) is 0. The number of carboxylic acid groups (broad SMARTS) is 1. The summed E-state index contributed by atoms with van der Waals surface area (Å²) in [7, 11) is 0. The molecule has 148 valence electrons. The van der Waals surface area contributed by atoms with Crippen molar-refractivity contribution in [2.24, 2.45) is 0 Å². The summed E-state index contributed by atoms with van der Waals surface area (Å²) in [6.07, 6.45) is 0.830. The lowest BCUT2D eigenvalue weighted by molar-refractivity contribution is -0.120. The number of carboxylic acids is 1. The van der Waals surface area contributed by atoms with Crippen LogP contribution in [0.4, 0.5) is 22.7 Å². The zero-order valence-electron chi connectivity index (χ0n) is 15.7. The van der Waals surface area contributed by atoms with Gasteiger partial charge >= 0.3 is 5.97 Å². The Morgan fingerprint density at radius 1 is 1.29 bits per heavy atom. The maximum absolute atomic E-state index is 11.9. The van der Waals surface area contributed by atoms with Crippen molar-refractivity contribution in [2.45, 2.75) is 20.3 Å². The molecule has 10 nitrogen and oxygen atoms in total. The first-order chi connectivity index (χ1) is 13.5. The van der Waals surface area contributed by atoms with Crippen LogP contribution < -0.4 is 20.4 Å². The molecule has 3 N–H and O–H groups in total. The van der Waals surface area contributed by atoms with E-state index in [0.717, 1.165) is 48.0 Å². The van der Waals surface area contributed by atoms with Crippen LogP contribution in [0.25, 0.3) is 0 Å². The van der Waals surface area contributed by atoms with Crippen LogP contribution in [0.1, 0.15) is 27.9 Å². The molecule has 1 fully saturated rings. The van der Waals surface area contributed by atoms with Crippen molar-refractivity contribution in [1.82, 2.24) is 20.3 Å². The highest BCUT2D eigenvalue weighted by molar-refractivity contribution is 7.17. The van der Waals surface area contributed by atoms with Gasteiger partial charge in [-0.05, 0) is 20.3 Å². The highest BCUT2D eigenvalue weighted by Gasteiger charge is 2.29. The molecule has 0 radical (unpaired) electrons. The Kier molecular flexibility index (Phi) is 4.75. The van der Waals surface area contributed by atoms with Crippen molar-refractivity contribution >= 4 is 45.9 Å². The fourth-order valence-corrected chi connectivity index (χ4v) is 4.29. The van der Waals surface area contributed by atoms with Gasteiger partial charge in [0.05, 0.1) is 12.2 Å². The third kappa shape index (κ3) is 3.33. The molecule has 0 saturated carbocycles. The molecule has 0 bridgehead atoms. The average Bonchev–Trinajstić information content (AvgIpc) is 3.24. The Bertz CT molecular complexity index is 945. The number of aromatic nitrogens is 3. The summed E-state index contributed by atoms with van der Waals surface area (Å²) >= 11 is 1.05. The van der Waals surface area contributed by atoms with Crippen molar-refractivity contribution < 1.29 is 14.7 Å². The molecular formula is C17H21N7O3S. The monoisotopic (exact) mass is 403 g/mol. The molecule has 11 heteroatoms. The van der Waals surface area contributed by atoms with Gasteiger partial charge in [0.1, 0.15) is 16.5 Å². The van der Waals surface area contributed by atoms with Crippen molar-refractivity contribution in [3.8, 4) is 0 Å². The number of anilines is 4. The summed E-state index contributed by atoms with van der Waals surface area (Å²) in [4.78, 5) is 41.1. The molecule has 4 heterocycles. The molecule has 0 aromatic carbocycles. The van der Waals surface area contributed by atoms with E-state index in [1.165, 1.54) is 0 Å². The van der Waals surface area contributed by atoms with E-state index in [1.807, 2.05) is 4.90 Å². The number of amides is 1. The molecule has 2 aromatic rings. The number of hydrogen-bond acceptors (Lipinski definition) is 9. The van der Waals surface area contributed by atoms with Crippen LogP contribution in [0.3, 0.4) is 0 Å². The van der Waals surface area contributed by atoms with Crippen LogP contribution in [0, 0.1) is 6.92 Å². The molecule has 28 heavy (non-hydrogen) atoms. The van der Waals surface area contributed by atoms with Gasteiger partial charge in [-0.2, -0.15) is 9.97 Å². The lowest BCUT2D eigenvalue weighted by Gasteiger charge is -2.29. The van der Waals surface area contributed by atoms with E-state index in [-0.39, 0.29) is 17.3 Å². The van der Waals surface area contributed by atoms with Crippen LogP contribution in [0.2, 0.25) is 0 Å². The SMILES string of the molecule is CCN1CCc2c1nc(Nc1nc(C)c(C(=O)O)s1)nc2N1CCNC(=O)C1. The molecule has 2 aromatic heterocycles. The first kappa shape index (κ1) is 18.4. The fraction of sp³-hybridized carbons (Fsp3) is 0.471. The standard InChI is InChI=1S/C17H21N7O3S/c1-3-23-6-4-10-13(23)20-16(21-14(10)24-7-5-18-11(25)8-24)22-17-19-9(2)12(28-17)15(26)27/h3-8H2,1-2H3,(H,18,25)(H,26,27)(H,19,20,21,22).